The standard InChI is InChI=1S/C19H26O12/c1-7(21)8-3-4-9(22)13(14(8)23)10(5-11(29-2)18(27)28)30-19-17(26)16(25)15(24)12(6-20)31-19/h3-4,10-12,15-17,19-20,22-26H,5-6H2,1-2H3,(H,27,28). The highest BCUT2D eigenvalue weighted by atomic mass is 16.7. The van der Waals surface area contributed by atoms with E-state index in [1.165, 1.54) is 6.92 Å². The molecule has 0 aromatic heterocycles. The summed E-state index contributed by atoms with van der Waals surface area (Å²) in [6, 6.07) is 2.25. The fourth-order valence-electron chi connectivity index (χ4n) is 3.27. The number of aromatic hydroxyl groups is 2. The Balaban J connectivity index is 2.49. The van der Waals surface area contributed by atoms with E-state index in [0.29, 0.717) is 0 Å². The number of ketones is 1. The molecule has 0 amide bonds. The number of ether oxygens (including phenoxy) is 3. The Labute approximate surface area is 176 Å². The number of hydrogen-bond donors (Lipinski definition) is 7. The Morgan fingerprint density at radius 3 is 2.29 bits per heavy atom. The molecule has 174 valence electrons. The van der Waals surface area contributed by atoms with Crippen LogP contribution in [0.25, 0.3) is 0 Å². The van der Waals surface area contributed by atoms with Gasteiger partial charge in [-0.15, -0.1) is 0 Å². The predicted octanol–water partition coefficient (Wildman–Crippen LogP) is -1.35. The number of benzene rings is 1. The first kappa shape index (κ1) is 24.9. The Morgan fingerprint density at radius 1 is 1.13 bits per heavy atom. The van der Waals surface area contributed by atoms with E-state index in [4.69, 9.17) is 14.2 Å². The number of carbonyl (C=O) groups excluding carboxylic acids is 1. The van der Waals surface area contributed by atoms with Gasteiger partial charge in [0.2, 0.25) is 0 Å². The number of Topliss-reactive ketones (excluding diaryl/α,β-unsaturated/α-hetero) is 1. The number of phenolic OH excluding ortho intramolecular Hbond substituents is 2. The summed E-state index contributed by atoms with van der Waals surface area (Å²) in [7, 11) is 1.11. The van der Waals surface area contributed by atoms with Crippen molar-refractivity contribution in [1.82, 2.24) is 0 Å². The first-order valence-electron chi connectivity index (χ1n) is 9.30. The highest BCUT2D eigenvalue weighted by Gasteiger charge is 2.45. The number of carboxylic acid groups (broad SMARTS) is 1. The summed E-state index contributed by atoms with van der Waals surface area (Å²) in [6.45, 7) is 0.431. The highest BCUT2D eigenvalue weighted by molar-refractivity contribution is 5.97. The molecule has 0 radical (unpaired) electrons. The van der Waals surface area contributed by atoms with Crippen LogP contribution in [0.4, 0.5) is 0 Å². The number of rotatable bonds is 9. The SMILES string of the molecule is COC(CC(OC1OC(CO)C(O)C(O)C1O)c1c(O)ccc(C(C)=O)c1O)C(=O)O. The van der Waals surface area contributed by atoms with Crippen molar-refractivity contribution in [3.8, 4) is 11.5 Å². The molecule has 1 saturated heterocycles. The van der Waals surface area contributed by atoms with Crippen LogP contribution in [0.5, 0.6) is 11.5 Å². The van der Waals surface area contributed by atoms with Gasteiger partial charge < -0.3 is 50.0 Å². The Morgan fingerprint density at radius 2 is 1.77 bits per heavy atom. The van der Waals surface area contributed by atoms with Crippen LogP contribution in [0.15, 0.2) is 12.1 Å². The number of carbonyl (C=O) groups is 2. The fraction of sp³-hybridized carbons (Fsp3) is 0.579. The fourth-order valence-corrected chi connectivity index (χ4v) is 3.27. The van der Waals surface area contributed by atoms with Gasteiger partial charge in [0.05, 0.1) is 23.8 Å². The van der Waals surface area contributed by atoms with Crippen LogP contribution in [0.1, 0.15) is 35.4 Å². The maximum absolute atomic E-state index is 11.8. The summed E-state index contributed by atoms with van der Waals surface area (Å²) in [5, 5.41) is 69.6. The van der Waals surface area contributed by atoms with E-state index in [-0.39, 0.29) is 11.1 Å². The lowest BCUT2D eigenvalue weighted by Gasteiger charge is -2.41. The molecule has 7 atom stereocenters. The van der Waals surface area contributed by atoms with Crippen LogP contribution in [0.3, 0.4) is 0 Å². The smallest absolute Gasteiger partial charge is 0.332 e. The highest BCUT2D eigenvalue weighted by Crippen LogP contribution is 2.41. The van der Waals surface area contributed by atoms with Crippen molar-refractivity contribution in [2.45, 2.75) is 56.3 Å². The lowest BCUT2D eigenvalue weighted by molar-refractivity contribution is -0.314. The third-order valence-corrected chi connectivity index (χ3v) is 5.03. The second kappa shape index (κ2) is 10.3. The van der Waals surface area contributed by atoms with Gasteiger partial charge in [-0.25, -0.2) is 4.79 Å². The monoisotopic (exact) mass is 446 g/mol. The van der Waals surface area contributed by atoms with Gasteiger partial charge >= 0.3 is 5.97 Å². The van der Waals surface area contributed by atoms with Gasteiger partial charge in [0.25, 0.3) is 0 Å². The number of aliphatic carboxylic acids is 1. The van der Waals surface area contributed by atoms with E-state index in [1.807, 2.05) is 0 Å². The predicted molar refractivity (Wildman–Crippen MR) is 100 cm³/mol. The lowest BCUT2D eigenvalue weighted by atomic mass is 9.96. The van der Waals surface area contributed by atoms with Crippen LogP contribution in [0, 0.1) is 0 Å². The minimum Gasteiger partial charge on any atom is -0.507 e. The number of hydrogen-bond acceptors (Lipinski definition) is 11. The number of aliphatic hydroxyl groups excluding tert-OH is 4. The average Bonchev–Trinajstić information content (AvgIpc) is 2.71. The van der Waals surface area contributed by atoms with Gasteiger partial charge in [-0.3, -0.25) is 4.79 Å². The van der Waals surface area contributed by atoms with Gasteiger partial charge in [-0.05, 0) is 19.1 Å². The molecule has 1 aliphatic heterocycles. The van der Waals surface area contributed by atoms with Gasteiger partial charge in [0.1, 0.15) is 35.9 Å². The molecule has 2 rings (SSSR count). The molecular weight excluding hydrogens is 420 g/mol. The summed E-state index contributed by atoms with van der Waals surface area (Å²) in [5.74, 6) is -3.17. The minimum atomic E-state index is -1.83. The molecule has 7 N–H and O–H groups in total. The van der Waals surface area contributed by atoms with Crippen molar-refractivity contribution in [1.29, 1.82) is 0 Å². The quantitative estimate of drug-likeness (QED) is 0.220. The van der Waals surface area contributed by atoms with Crippen LogP contribution in [-0.4, -0.2) is 98.0 Å². The molecule has 12 heteroatoms. The first-order chi connectivity index (χ1) is 14.5. The van der Waals surface area contributed by atoms with E-state index < -0.39 is 79.2 Å². The molecule has 7 unspecified atom stereocenters. The largest absolute Gasteiger partial charge is 0.507 e. The molecule has 1 aromatic rings. The zero-order valence-corrected chi connectivity index (χ0v) is 16.8. The maximum Gasteiger partial charge on any atom is 0.332 e. The van der Waals surface area contributed by atoms with Crippen molar-refractivity contribution < 1.29 is 59.5 Å². The van der Waals surface area contributed by atoms with E-state index >= 15 is 0 Å². The molecule has 0 spiro atoms. The molecular formula is C19H26O12. The molecule has 0 aliphatic carbocycles. The minimum absolute atomic E-state index is 0.181. The molecule has 1 fully saturated rings. The summed E-state index contributed by atoms with van der Waals surface area (Å²) in [6.07, 6.45) is -11.8. The first-order valence-corrected chi connectivity index (χ1v) is 9.30. The summed E-state index contributed by atoms with van der Waals surface area (Å²) in [5.41, 5.74) is -0.549. The Bertz CT molecular complexity index is 794. The van der Waals surface area contributed by atoms with Gasteiger partial charge in [-0.1, -0.05) is 0 Å². The van der Waals surface area contributed by atoms with Crippen molar-refractivity contribution >= 4 is 11.8 Å². The lowest BCUT2D eigenvalue weighted by Crippen LogP contribution is -2.59. The Kier molecular flexibility index (Phi) is 8.31. The zero-order valence-electron chi connectivity index (χ0n) is 16.8. The summed E-state index contributed by atoms with van der Waals surface area (Å²) < 4.78 is 15.7. The van der Waals surface area contributed by atoms with E-state index in [0.717, 1.165) is 19.2 Å². The number of carboxylic acids is 1. The van der Waals surface area contributed by atoms with Crippen LogP contribution in [-0.2, 0) is 19.0 Å². The second-order valence-corrected chi connectivity index (χ2v) is 7.07. The second-order valence-electron chi connectivity index (χ2n) is 7.07. The molecule has 1 aliphatic rings. The van der Waals surface area contributed by atoms with Crippen LogP contribution in [0.2, 0.25) is 0 Å². The summed E-state index contributed by atoms with van der Waals surface area (Å²) in [4.78, 5) is 23.2. The molecule has 12 nitrogen and oxygen atoms in total. The van der Waals surface area contributed by atoms with E-state index in [1.54, 1.807) is 0 Å². The number of methoxy groups -OCH3 is 1. The van der Waals surface area contributed by atoms with Crippen LogP contribution < -0.4 is 0 Å². The molecule has 0 saturated carbocycles. The average molecular weight is 446 g/mol. The van der Waals surface area contributed by atoms with Crippen molar-refractivity contribution in [3.05, 3.63) is 23.3 Å². The topological polar surface area (TPSA) is 203 Å². The third-order valence-electron chi connectivity index (χ3n) is 5.03. The zero-order chi connectivity index (χ0) is 23.5. The number of phenols is 2. The molecule has 31 heavy (non-hydrogen) atoms. The molecule has 0 bridgehead atoms. The van der Waals surface area contributed by atoms with Crippen LogP contribution >= 0.6 is 0 Å². The van der Waals surface area contributed by atoms with Gasteiger partial charge in [0, 0.05) is 13.5 Å². The third kappa shape index (κ3) is 5.30. The summed E-state index contributed by atoms with van der Waals surface area (Å²) >= 11 is 0. The van der Waals surface area contributed by atoms with Crippen molar-refractivity contribution in [2.24, 2.45) is 0 Å². The molecule has 1 aromatic carbocycles. The van der Waals surface area contributed by atoms with Gasteiger partial charge in [-0.2, -0.15) is 0 Å². The van der Waals surface area contributed by atoms with Crippen molar-refractivity contribution in [3.63, 3.8) is 0 Å². The van der Waals surface area contributed by atoms with E-state index in [9.17, 15) is 45.3 Å². The number of aliphatic hydroxyl groups is 4. The molecule has 1 heterocycles. The van der Waals surface area contributed by atoms with Crippen molar-refractivity contribution in [2.75, 3.05) is 13.7 Å². The maximum atomic E-state index is 11.8. The van der Waals surface area contributed by atoms with E-state index in [2.05, 4.69) is 0 Å². The Hall–Kier alpha value is -2.32. The normalized spacial score (nSPS) is 28.1. The van der Waals surface area contributed by atoms with Gasteiger partial charge in [0.15, 0.2) is 18.2 Å².